The van der Waals surface area contributed by atoms with Crippen LogP contribution in [0.2, 0.25) is 0 Å². The lowest BCUT2D eigenvalue weighted by molar-refractivity contribution is 0.102. The number of carbonyl (C=O) groups is 1. The Bertz CT molecular complexity index is 811. The van der Waals surface area contributed by atoms with Gasteiger partial charge < -0.3 is 20.3 Å². The Balaban J connectivity index is 1.73. The third-order valence-electron chi connectivity index (χ3n) is 4.98. The van der Waals surface area contributed by atoms with Crippen LogP contribution in [-0.2, 0) is 0 Å². The zero-order valence-electron chi connectivity index (χ0n) is 17.2. The topological polar surface area (TPSA) is 84.3 Å². The zero-order valence-corrected chi connectivity index (χ0v) is 17.2. The first-order chi connectivity index (χ1) is 13.5. The van der Waals surface area contributed by atoms with Gasteiger partial charge in [-0.2, -0.15) is 0 Å². The maximum Gasteiger partial charge on any atom is 0.278 e. The van der Waals surface area contributed by atoms with E-state index in [1.54, 1.807) is 0 Å². The number of aromatic nitrogens is 3. The molecular formula is C20H30N6O2. The van der Waals surface area contributed by atoms with Crippen LogP contribution in [0.4, 0.5) is 5.69 Å². The van der Waals surface area contributed by atoms with E-state index in [0.717, 1.165) is 43.7 Å². The molecule has 3 rings (SSSR count). The molecule has 1 aliphatic heterocycles. The predicted molar refractivity (Wildman–Crippen MR) is 109 cm³/mol. The summed E-state index contributed by atoms with van der Waals surface area (Å²) >= 11 is 0. The molecule has 0 spiro atoms. The van der Waals surface area contributed by atoms with Crippen LogP contribution in [0.1, 0.15) is 40.6 Å². The molecule has 0 atom stereocenters. The van der Waals surface area contributed by atoms with Crippen molar-refractivity contribution in [3.8, 4) is 5.75 Å². The number of hydrogen-bond donors (Lipinski definition) is 2. The molecule has 1 aliphatic rings. The number of aryl methyl sites for hydroxylation is 1. The second-order valence-corrected chi connectivity index (χ2v) is 7.55. The van der Waals surface area contributed by atoms with Gasteiger partial charge in [0, 0.05) is 6.54 Å². The first kappa shape index (κ1) is 20.3. The smallest absolute Gasteiger partial charge is 0.278 e. The standard InChI is InChI=1S/C20H30N6O2/c1-14-5-6-17(18(13-14)28-12-11-25(3)4)22-20(27)19-15(2)26(24-23-19)16-7-9-21-10-8-16/h5-6,13,16,21H,7-12H2,1-4H3,(H,22,27). The van der Waals surface area contributed by atoms with Crippen molar-refractivity contribution < 1.29 is 9.53 Å². The van der Waals surface area contributed by atoms with Crippen LogP contribution < -0.4 is 15.4 Å². The van der Waals surface area contributed by atoms with E-state index in [1.807, 2.05) is 50.8 Å². The molecule has 2 heterocycles. The second-order valence-electron chi connectivity index (χ2n) is 7.55. The molecular weight excluding hydrogens is 356 g/mol. The molecule has 1 aromatic carbocycles. The summed E-state index contributed by atoms with van der Waals surface area (Å²) in [6.07, 6.45) is 1.99. The Hall–Kier alpha value is -2.45. The van der Waals surface area contributed by atoms with Crippen molar-refractivity contribution in [3.63, 3.8) is 0 Å². The number of piperidine rings is 1. The number of amides is 1. The Morgan fingerprint density at radius 2 is 2.07 bits per heavy atom. The van der Waals surface area contributed by atoms with Crippen LogP contribution in [-0.4, -0.2) is 66.1 Å². The summed E-state index contributed by atoms with van der Waals surface area (Å²) in [5.41, 5.74) is 2.88. The molecule has 152 valence electrons. The Kier molecular flexibility index (Phi) is 6.64. The second kappa shape index (κ2) is 9.16. The lowest BCUT2D eigenvalue weighted by Crippen LogP contribution is -2.30. The zero-order chi connectivity index (χ0) is 20.1. The lowest BCUT2D eigenvalue weighted by atomic mass is 10.1. The first-order valence-corrected chi connectivity index (χ1v) is 9.77. The van der Waals surface area contributed by atoms with Gasteiger partial charge in [0.05, 0.1) is 17.4 Å². The number of nitrogens with zero attached hydrogens (tertiary/aromatic N) is 4. The van der Waals surface area contributed by atoms with Gasteiger partial charge in [0.2, 0.25) is 0 Å². The molecule has 1 aromatic heterocycles. The van der Waals surface area contributed by atoms with E-state index in [0.29, 0.717) is 29.8 Å². The van der Waals surface area contributed by atoms with Gasteiger partial charge in [-0.25, -0.2) is 4.68 Å². The molecule has 0 radical (unpaired) electrons. The van der Waals surface area contributed by atoms with E-state index in [-0.39, 0.29) is 5.91 Å². The normalized spacial score (nSPS) is 15.0. The van der Waals surface area contributed by atoms with E-state index < -0.39 is 0 Å². The number of nitrogens with one attached hydrogen (secondary N) is 2. The average molecular weight is 387 g/mol. The molecule has 0 aliphatic carbocycles. The highest BCUT2D eigenvalue weighted by atomic mass is 16.5. The fraction of sp³-hybridized carbons (Fsp3) is 0.550. The van der Waals surface area contributed by atoms with Crippen molar-refractivity contribution in [2.75, 3.05) is 45.7 Å². The maximum absolute atomic E-state index is 12.8. The minimum absolute atomic E-state index is 0.265. The van der Waals surface area contributed by atoms with Crippen molar-refractivity contribution in [2.24, 2.45) is 0 Å². The highest BCUT2D eigenvalue weighted by Gasteiger charge is 2.23. The number of likely N-dealkylation sites (N-methyl/N-ethyl adjacent to an activating group) is 1. The van der Waals surface area contributed by atoms with E-state index in [2.05, 4.69) is 25.8 Å². The van der Waals surface area contributed by atoms with Gasteiger partial charge in [0.15, 0.2) is 5.69 Å². The molecule has 8 nitrogen and oxygen atoms in total. The quantitative estimate of drug-likeness (QED) is 0.757. The Labute approximate surface area is 166 Å². The summed E-state index contributed by atoms with van der Waals surface area (Å²) in [6, 6.07) is 6.04. The molecule has 28 heavy (non-hydrogen) atoms. The molecule has 0 bridgehead atoms. The van der Waals surface area contributed by atoms with Gasteiger partial charge in [-0.15, -0.1) is 5.10 Å². The number of ether oxygens (including phenoxy) is 1. The third-order valence-corrected chi connectivity index (χ3v) is 4.98. The number of benzene rings is 1. The summed E-state index contributed by atoms with van der Waals surface area (Å²) in [6.45, 7) is 7.17. The monoisotopic (exact) mass is 386 g/mol. The molecule has 2 aromatic rings. The van der Waals surface area contributed by atoms with Crippen LogP contribution >= 0.6 is 0 Å². The van der Waals surface area contributed by atoms with Crippen LogP contribution in [0, 0.1) is 13.8 Å². The van der Waals surface area contributed by atoms with Crippen molar-refractivity contribution in [3.05, 3.63) is 35.2 Å². The molecule has 1 amide bonds. The average Bonchev–Trinajstić information content (AvgIpc) is 3.06. The third kappa shape index (κ3) is 4.88. The lowest BCUT2D eigenvalue weighted by Gasteiger charge is -2.23. The van der Waals surface area contributed by atoms with Gasteiger partial charge in [0.25, 0.3) is 5.91 Å². The van der Waals surface area contributed by atoms with E-state index >= 15 is 0 Å². The molecule has 1 fully saturated rings. The number of hydrogen-bond acceptors (Lipinski definition) is 6. The molecule has 0 saturated carbocycles. The number of anilines is 1. The largest absolute Gasteiger partial charge is 0.490 e. The highest BCUT2D eigenvalue weighted by Crippen LogP contribution is 2.27. The minimum atomic E-state index is -0.265. The highest BCUT2D eigenvalue weighted by molar-refractivity contribution is 6.04. The Morgan fingerprint density at radius 1 is 1.32 bits per heavy atom. The molecule has 8 heteroatoms. The fourth-order valence-electron chi connectivity index (χ4n) is 3.32. The molecule has 1 saturated heterocycles. The van der Waals surface area contributed by atoms with Crippen molar-refractivity contribution >= 4 is 11.6 Å². The summed E-state index contributed by atoms with van der Waals surface area (Å²) in [5.74, 6) is 0.401. The van der Waals surface area contributed by atoms with Crippen molar-refractivity contribution in [1.29, 1.82) is 0 Å². The minimum Gasteiger partial charge on any atom is -0.490 e. The van der Waals surface area contributed by atoms with Crippen molar-refractivity contribution in [1.82, 2.24) is 25.2 Å². The van der Waals surface area contributed by atoms with Crippen LogP contribution in [0.5, 0.6) is 5.75 Å². The van der Waals surface area contributed by atoms with Gasteiger partial charge >= 0.3 is 0 Å². The van der Waals surface area contributed by atoms with Crippen LogP contribution in [0.25, 0.3) is 0 Å². The first-order valence-electron chi connectivity index (χ1n) is 9.77. The molecule has 0 unspecified atom stereocenters. The van der Waals surface area contributed by atoms with E-state index in [4.69, 9.17) is 4.74 Å². The summed E-state index contributed by atoms with van der Waals surface area (Å²) in [4.78, 5) is 14.9. The van der Waals surface area contributed by atoms with E-state index in [1.165, 1.54) is 0 Å². The van der Waals surface area contributed by atoms with Gasteiger partial charge in [0.1, 0.15) is 12.4 Å². The van der Waals surface area contributed by atoms with Gasteiger partial charge in [-0.05, 0) is 71.6 Å². The Morgan fingerprint density at radius 3 is 2.79 bits per heavy atom. The van der Waals surface area contributed by atoms with Crippen LogP contribution in [0.3, 0.4) is 0 Å². The van der Waals surface area contributed by atoms with Crippen LogP contribution in [0.15, 0.2) is 18.2 Å². The van der Waals surface area contributed by atoms with Gasteiger partial charge in [-0.1, -0.05) is 11.3 Å². The predicted octanol–water partition coefficient (Wildman–Crippen LogP) is 2.01. The van der Waals surface area contributed by atoms with Gasteiger partial charge in [-0.3, -0.25) is 4.79 Å². The number of carbonyl (C=O) groups excluding carboxylic acids is 1. The summed E-state index contributed by atoms with van der Waals surface area (Å²) in [7, 11) is 3.99. The summed E-state index contributed by atoms with van der Waals surface area (Å²) < 4.78 is 7.78. The van der Waals surface area contributed by atoms with Crippen molar-refractivity contribution in [2.45, 2.75) is 32.7 Å². The van der Waals surface area contributed by atoms with E-state index in [9.17, 15) is 4.79 Å². The maximum atomic E-state index is 12.8. The number of rotatable bonds is 7. The fourth-order valence-corrected chi connectivity index (χ4v) is 3.32. The SMILES string of the molecule is Cc1ccc(NC(=O)c2nnn(C3CCNCC3)c2C)c(OCCN(C)C)c1. The molecule has 2 N–H and O–H groups in total. The summed E-state index contributed by atoms with van der Waals surface area (Å²) in [5, 5.41) is 14.7.